The first-order valence-electron chi connectivity index (χ1n) is 5.03. The fraction of sp³-hybridized carbons (Fsp3) is 0.333. The molecule has 1 rings (SSSR count). The molecule has 3 N–H and O–H groups in total. The number of methoxy groups -OCH3 is 1. The Labute approximate surface area is 130 Å². The van der Waals surface area contributed by atoms with Gasteiger partial charge in [-0.15, -0.1) is 19.0 Å². The molecule has 18 heavy (non-hydrogen) atoms. The molecule has 3 nitrogen and oxygen atoms in total. The molecule has 0 aliphatic rings. The van der Waals surface area contributed by atoms with E-state index in [1.165, 1.54) is 7.11 Å². The zero-order chi connectivity index (χ0) is 13.2. The second-order valence-electron chi connectivity index (χ2n) is 3.91. The Morgan fingerprint density at radius 1 is 1.50 bits per heavy atom. The van der Waals surface area contributed by atoms with Crippen molar-refractivity contribution in [2.24, 2.45) is 5.73 Å². The van der Waals surface area contributed by atoms with Crippen LogP contribution in [0.15, 0.2) is 27.2 Å². The maximum Gasteiger partial charge on any atom is 0.173 e. The fourth-order valence-electron chi connectivity index (χ4n) is 1.52. The van der Waals surface area contributed by atoms with E-state index in [0.29, 0.717) is 16.6 Å². The maximum atomic E-state index is 9.81. The zero-order valence-electron chi connectivity index (χ0n) is 10.2. The van der Waals surface area contributed by atoms with E-state index in [1.807, 2.05) is 6.92 Å². The van der Waals surface area contributed by atoms with Gasteiger partial charge in [-0.1, -0.05) is 5.57 Å². The number of aromatic hydroxyl groups is 1. The van der Waals surface area contributed by atoms with Crippen LogP contribution in [0.2, 0.25) is 0 Å². The van der Waals surface area contributed by atoms with Crippen molar-refractivity contribution in [2.75, 3.05) is 7.11 Å². The summed E-state index contributed by atoms with van der Waals surface area (Å²) >= 11 is 6.71. The molecule has 6 heteroatoms. The minimum atomic E-state index is -0.187. The summed E-state index contributed by atoms with van der Waals surface area (Å²) in [7, 11) is 1.50. The number of rotatable bonds is 4. The molecule has 0 radical (unpaired) electrons. The Hall–Kier alpha value is -0.230. The third-order valence-corrected chi connectivity index (χ3v) is 4.52. The topological polar surface area (TPSA) is 55.5 Å². The average Bonchev–Trinajstić information content (AvgIpc) is 2.25. The fourth-order valence-corrected chi connectivity index (χ4v) is 2.54. The quantitative estimate of drug-likeness (QED) is 0.739. The molecule has 0 amide bonds. The first kappa shape index (κ1) is 17.8. The van der Waals surface area contributed by atoms with Crippen LogP contribution in [-0.2, 0) is 0 Å². The minimum Gasteiger partial charge on any atom is -0.503 e. The molecule has 0 aliphatic carbocycles. The van der Waals surface area contributed by atoms with Gasteiger partial charge < -0.3 is 15.6 Å². The molecule has 1 aromatic carbocycles. The predicted octanol–water partition coefficient (Wildman–Crippen LogP) is 4.31. The van der Waals surface area contributed by atoms with Gasteiger partial charge in [-0.25, -0.2) is 0 Å². The third-order valence-electron chi connectivity index (χ3n) is 2.36. The highest BCUT2D eigenvalue weighted by molar-refractivity contribution is 9.13. The van der Waals surface area contributed by atoms with Gasteiger partial charge in [0.05, 0.1) is 11.6 Å². The van der Waals surface area contributed by atoms with E-state index in [4.69, 9.17) is 10.5 Å². The molecule has 0 fully saturated rings. The Morgan fingerprint density at radius 2 is 2.06 bits per heavy atom. The van der Waals surface area contributed by atoms with Crippen LogP contribution in [0.3, 0.4) is 0 Å². The van der Waals surface area contributed by atoms with E-state index in [1.54, 1.807) is 6.07 Å². The normalized spacial score (nSPS) is 11.6. The van der Waals surface area contributed by atoms with E-state index in [2.05, 4.69) is 38.4 Å². The van der Waals surface area contributed by atoms with Gasteiger partial charge in [-0.2, -0.15) is 0 Å². The molecule has 0 saturated heterocycles. The molecule has 0 saturated carbocycles. The van der Waals surface area contributed by atoms with Gasteiger partial charge in [-0.3, -0.25) is 0 Å². The first-order valence-corrected chi connectivity index (χ1v) is 6.61. The van der Waals surface area contributed by atoms with Crippen LogP contribution in [0.25, 0.3) is 0 Å². The number of hydrogen-bond acceptors (Lipinski definition) is 3. The summed E-state index contributed by atoms with van der Waals surface area (Å²) in [6, 6.07) is 1.55. The maximum absolute atomic E-state index is 9.81. The molecule has 0 bridgehead atoms. The predicted molar refractivity (Wildman–Crippen MR) is 83.7 cm³/mol. The molecule has 0 spiro atoms. The molecule has 0 unspecified atom stereocenters. The van der Waals surface area contributed by atoms with Gasteiger partial charge >= 0.3 is 0 Å². The van der Waals surface area contributed by atoms with Crippen molar-refractivity contribution in [2.45, 2.75) is 19.4 Å². The van der Waals surface area contributed by atoms with Gasteiger partial charge in [0.2, 0.25) is 0 Å². The molecular formula is C12H16Br2ClNO2. The third kappa shape index (κ3) is 3.88. The van der Waals surface area contributed by atoms with Crippen molar-refractivity contribution in [1.29, 1.82) is 0 Å². The van der Waals surface area contributed by atoms with Crippen molar-refractivity contribution >= 4 is 44.3 Å². The van der Waals surface area contributed by atoms with Gasteiger partial charge in [0, 0.05) is 10.5 Å². The highest BCUT2D eigenvalue weighted by atomic mass is 79.9. The molecule has 102 valence electrons. The average molecular weight is 402 g/mol. The van der Waals surface area contributed by atoms with Crippen LogP contribution >= 0.6 is 44.3 Å². The van der Waals surface area contributed by atoms with Crippen LogP contribution in [0.1, 0.15) is 24.9 Å². The molecule has 1 atom stereocenters. The lowest BCUT2D eigenvalue weighted by Gasteiger charge is -2.17. The highest BCUT2D eigenvalue weighted by Crippen LogP contribution is 2.43. The summed E-state index contributed by atoms with van der Waals surface area (Å²) in [5.74, 6) is 0.456. The monoisotopic (exact) mass is 399 g/mol. The number of phenolic OH excluding ortho intramolecular Hbond substituents is 1. The number of benzene rings is 1. The van der Waals surface area contributed by atoms with Crippen molar-refractivity contribution < 1.29 is 9.84 Å². The van der Waals surface area contributed by atoms with Crippen molar-refractivity contribution in [3.05, 3.63) is 32.7 Å². The Balaban J connectivity index is 0.00000289. The number of nitrogens with two attached hydrogens (primary N) is 1. The lowest BCUT2D eigenvalue weighted by atomic mass is 10.0. The summed E-state index contributed by atoms with van der Waals surface area (Å²) in [6.45, 7) is 5.78. The summed E-state index contributed by atoms with van der Waals surface area (Å²) in [5, 5.41) is 9.81. The summed E-state index contributed by atoms with van der Waals surface area (Å²) in [6.07, 6.45) is 0.680. The molecular weight excluding hydrogens is 385 g/mol. The largest absolute Gasteiger partial charge is 0.503 e. The van der Waals surface area contributed by atoms with Gasteiger partial charge in [0.1, 0.15) is 0 Å². The highest BCUT2D eigenvalue weighted by Gasteiger charge is 2.18. The number of phenols is 1. The van der Waals surface area contributed by atoms with Crippen molar-refractivity contribution in [3.63, 3.8) is 0 Å². The van der Waals surface area contributed by atoms with Crippen LogP contribution in [0.4, 0.5) is 0 Å². The molecule has 1 aromatic rings. The summed E-state index contributed by atoms with van der Waals surface area (Å²) < 4.78 is 6.38. The number of hydrogen-bond donors (Lipinski definition) is 2. The van der Waals surface area contributed by atoms with Crippen molar-refractivity contribution in [3.8, 4) is 11.5 Å². The van der Waals surface area contributed by atoms with E-state index >= 15 is 0 Å². The second-order valence-corrected chi connectivity index (χ2v) is 5.50. The van der Waals surface area contributed by atoms with Gasteiger partial charge in [0.15, 0.2) is 11.5 Å². The van der Waals surface area contributed by atoms with Crippen LogP contribution in [-0.4, -0.2) is 12.2 Å². The first-order chi connectivity index (χ1) is 7.88. The molecule has 0 aromatic heterocycles. The standard InChI is InChI=1S/C12H15Br2NO2.ClH/c1-6(2)4-8(15)7-5-9(17-3)12(16)11(14)10(7)13;/h5,8,16H,1,4,15H2,2-3H3;1H/t8-;/m1./s1. The van der Waals surface area contributed by atoms with Crippen molar-refractivity contribution in [1.82, 2.24) is 0 Å². The number of ether oxygens (including phenoxy) is 1. The molecule has 0 heterocycles. The zero-order valence-corrected chi connectivity index (χ0v) is 14.2. The lowest BCUT2D eigenvalue weighted by Crippen LogP contribution is -2.11. The van der Waals surface area contributed by atoms with E-state index in [0.717, 1.165) is 15.6 Å². The summed E-state index contributed by atoms with van der Waals surface area (Å²) in [4.78, 5) is 0. The Bertz CT molecular complexity index is 452. The lowest BCUT2D eigenvalue weighted by molar-refractivity contribution is 0.370. The minimum absolute atomic E-state index is 0. The van der Waals surface area contributed by atoms with E-state index < -0.39 is 0 Å². The number of halogens is 3. The Kier molecular flexibility index (Phi) is 7.29. The van der Waals surface area contributed by atoms with E-state index in [-0.39, 0.29) is 24.2 Å². The van der Waals surface area contributed by atoms with Gasteiger partial charge in [0.25, 0.3) is 0 Å². The van der Waals surface area contributed by atoms with Crippen LogP contribution in [0.5, 0.6) is 11.5 Å². The van der Waals surface area contributed by atoms with E-state index in [9.17, 15) is 5.11 Å². The second kappa shape index (κ2) is 7.38. The molecule has 0 aliphatic heterocycles. The van der Waals surface area contributed by atoms with Crippen LogP contribution in [0, 0.1) is 0 Å². The Morgan fingerprint density at radius 3 is 2.50 bits per heavy atom. The summed E-state index contributed by atoms with van der Waals surface area (Å²) in [5.41, 5.74) is 7.97. The smallest absolute Gasteiger partial charge is 0.173 e. The van der Waals surface area contributed by atoms with Crippen LogP contribution < -0.4 is 10.5 Å². The SMILES string of the molecule is C=C(C)C[C@@H](N)c1cc(OC)c(O)c(Br)c1Br.Cl. The van der Waals surface area contributed by atoms with Gasteiger partial charge in [-0.05, 0) is 56.8 Å².